The summed E-state index contributed by atoms with van der Waals surface area (Å²) < 4.78 is 2.31. The first-order valence-corrected chi connectivity index (χ1v) is 20.3. The van der Waals surface area contributed by atoms with E-state index in [-0.39, 0.29) is 17.8 Å². The molecular formula is C53H39N5O2. The topological polar surface area (TPSA) is 81.0 Å². The number of hydrogen-bond acceptors (Lipinski definition) is 5. The number of carbonyl (C=O) groups is 2. The first kappa shape index (κ1) is 35.6. The fourth-order valence-electron chi connectivity index (χ4n) is 9.02. The molecule has 1 saturated heterocycles. The molecule has 1 aliphatic rings. The van der Waals surface area contributed by atoms with Crippen molar-refractivity contribution in [3.05, 3.63) is 164 Å². The summed E-state index contributed by atoms with van der Waals surface area (Å²) in [7, 11) is 0. The van der Waals surface area contributed by atoms with E-state index in [9.17, 15) is 9.59 Å². The van der Waals surface area contributed by atoms with Gasteiger partial charge in [-0.3, -0.25) is 9.59 Å². The van der Waals surface area contributed by atoms with Crippen LogP contribution in [0.2, 0.25) is 0 Å². The van der Waals surface area contributed by atoms with Crippen molar-refractivity contribution in [2.75, 3.05) is 4.90 Å². The maximum Gasteiger partial charge on any atom is 0.243 e. The molecule has 2 amide bonds. The Labute approximate surface area is 346 Å². The summed E-state index contributed by atoms with van der Waals surface area (Å²) in [6, 6.07) is 56.7. The monoisotopic (exact) mass is 777 g/mol. The summed E-state index contributed by atoms with van der Waals surface area (Å²) in [6.45, 7) is 7.26. The van der Waals surface area contributed by atoms with Crippen molar-refractivity contribution in [2.24, 2.45) is 10.8 Å². The van der Waals surface area contributed by atoms with E-state index >= 15 is 0 Å². The molecule has 0 spiro atoms. The van der Waals surface area contributed by atoms with Crippen LogP contribution in [0.5, 0.6) is 0 Å². The average Bonchev–Trinajstić information content (AvgIpc) is 3.68. The molecule has 10 aromatic rings. The van der Waals surface area contributed by atoms with Gasteiger partial charge in [0.2, 0.25) is 17.8 Å². The number of nitrogens with zero attached hydrogens (tertiary/aromatic N) is 5. The molecule has 3 heterocycles. The van der Waals surface area contributed by atoms with E-state index < -0.39 is 10.8 Å². The number of anilines is 1. The second kappa shape index (κ2) is 13.0. The van der Waals surface area contributed by atoms with Gasteiger partial charge in [0.15, 0.2) is 11.6 Å². The maximum atomic E-state index is 14.3. The normalized spacial score (nSPS) is 15.0. The Morgan fingerprint density at radius 2 is 0.883 bits per heavy atom. The van der Waals surface area contributed by atoms with Crippen LogP contribution in [0.1, 0.15) is 27.7 Å². The summed E-state index contributed by atoms with van der Waals surface area (Å²) in [4.78, 5) is 44.9. The highest BCUT2D eigenvalue weighted by Crippen LogP contribution is 2.49. The molecule has 7 nitrogen and oxygen atoms in total. The molecule has 0 aliphatic carbocycles. The van der Waals surface area contributed by atoms with Crippen LogP contribution in [0, 0.1) is 10.8 Å². The quantitative estimate of drug-likeness (QED) is 0.128. The molecular weight excluding hydrogens is 739 g/mol. The lowest BCUT2D eigenvalue weighted by molar-refractivity contribution is -0.129. The molecule has 0 saturated carbocycles. The Morgan fingerprint density at radius 3 is 1.50 bits per heavy atom. The molecule has 60 heavy (non-hydrogen) atoms. The highest BCUT2D eigenvalue weighted by atomic mass is 16.2. The number of benzene rings is 8. The molecule has 0 atom stereocenters. The lowest BCUT2D eigenvalue weighted by atomic mass is 9.70. The van der Waals surface area contributed by atoms with Crippen molar-refractivity contribution >= 4 is 71.9 Å². The zero-order chi connectivity index (χ0) is 40.9. The van der Waals surface area contributed by atoms with E-state index in [1.807, 2.05) is 64.1 Å². The Kier molecular flexibility index (Phi) is 7.72. The maximum absolute atomic E-state index is 14.3. The summed E-state index contributed by atoms with van der Waals surface area (Å²) in [5.74, 6) is 0.0328. The predicted octanol–water partition coefficient (Wildman–Crippen LogP) is 12.4. The highest BCUT2D eigenvalue weighted by Gasteiger charge is 2.60. The van der Waals surface area contributed by atoms with Crippen LogP contribution in [0.15, 0.2) is 164 Å². The van der Waals surface area contributed by atoms with E-state index in [1.165, 1.54) is 10.3 Å². The number of imide groups is 1. The van der Waals surface area contributed by atoms with Crippen LogP contribution < -0.4 is 4.90 Å². The number of rotatable bonds is 5. The Balaban J connectivity index is 1.28. The highest BCUT2D eigenvalue weighted by molar-refractivity contribution is 6.27. The van der Waals surface area contributed by atoms with E-state index in [4.69, 9.17) is 15.0 Å². The van der Waals surface area contributed by atoms with Crippen LogP contribution in [0.25, 0.3) is 93.7 Å². The lowest BCUT2D eigenvalue weighted by Crippen LogP contribution is -2.35. The van der Waals surface area contributed by atoms with E-state index in [0.717, 1.165) is 76.7 Å². The zero-order valence-corrected chi connectivity index (χ0v) is 33.6. The molecule has 0 N–H and O–H groups in total. The Hall–Kier alpha value is -7.51. The van der Waals surface area contributed by atoms with Crippen molar-refractivity contribution in [1.82, 2.24) is 19.5 Å². The second-order valence-electron chi connectivity index (χ2n) is 16.8. The van der Waals surface area contributed by atoms with Crippen molar-refractivity contribution in [3.63, 3.8) is 0 Å². The van der Waals surface area contributed by atoms with Gasteiger partial charge in [0.05, 0.1) is 27.6 Å². The van der Waals surface area contributed by atoms with Crippen molar-refractivity contribution < 1.29 is 9.59 Å². The van der Waals surface area contributed by atoms with Crippen LogP contribution in [0.4, 0.5) is 5.95 Å². The van der Waals surface area contributed by atoms with Crippen LogP contribution in [-0.4, -0.2) is 31.3 Å². The summed E-state index contributed by atoms with van der Waals surface area (Å²) in [5, 5.41) is 8.88. The fourth-order valence-corrected chi connectivity index (χ4v) is 9.02. The molecule has 0 unspecified atom stereocenters. The van der Waals surface area contributed by atoms with Gasteiger partial charge in [-0.05, 0) is 101 Å². The Bertz CT molecular complexity index is 3400. The molecule has 0 bridgehead atoms. The molecule has 1 aliphatic heterocycles. The number of fused-ring (bicyclic) bond motifs is 9. The van der Waals surface area contributed by atoms with Gasteiger partial charge >= 0.3 is 0 Å². The Morgan fingerprint density at radius 1 is 0.400 bits per heavy atom. The van der Waals surface area contributed by atoms with E-state index in [1.54, 1.807) is 0 Å². The van der Waals surface area contributed by atoms with Gasteiger partial charge in [0, 0.05) is 21.9 Å². The van der Waals surface area contributed by atoms with Gasteiger partial charge in [-0.25, -0.2) is 9.88 Å². The minimum atomic E-state index is -0.987. The number of amides is 2. The van der Waals surface area contributed by atoms with Crippen molar-refractivity contribution in [1.29, 1.82) is 0 Å². The third-order valence-electron chi connectivity index (χ3n) is 13.0. The summed E-state index contributed by atoms with van der Waals surface area (Å²) >= 11 is 0. The SMILES string of the molecule is CC1(C)C(=O)N(c2nc(-c3ccccc3)nc(-c3cc4c5ccccc5c5ccccc5c4cc3-n3c4ccccc4c4cc(-c5ccccc5)ccc43)n2)C(=O)C1(C)C. The fraction of sp³-hybridized carbons (Fsp3) is 0.113. The zero-order valence-electron chi connectivity index (χ0n) is 33.6. The van der Waals surface area contributed by atoms with Gasteiger partial charge in [0.25, 0.3) is 0 Å². The third-order valence-corrected chi connectivity index (χ3v) is 13.0. The largest absolute Gasteiger partial charge is 0.308 e. The standard InChI is InChI=1S/C53H39N5O2/c1-52(2)49(59)58(50(60)53(52,3)4)51-55-47(33-19-9-6-10-20-33)54-48(56-51)43-30-40-37-23-13-11-21-35(37)36-22-12-14-24-38(36)41(40)31-46(43)57-44-26-16-15-25-39(44)42-29-34(27-28-45(42)57)32-17-7-5-8-18-32/h5-31H,1-4H3. The minimum absolute atomic E-state index is 0.0108. The van der Waals surface area contributed by atoms with Gasteiger partial charge in [-0.15, -0.1) is 0 Å². The molecule has 8 aromatic carbocycles. The molecule has 2 aromatic heterocycles. The minimum Gasteiger partial charge on any atom is -0.308 e. The van der Waals surface area contributed by atoms with Gasteiger partial charge in [-0.1, -0.05) is 133 Å². The van der Waals surface area contributed by atoms with Crippen LogP contribution in [0.3, 0.4) is 0 Å². The van der Waals surface area contributed by atoms with Crippen molar-refractivity contribution in [2.45, 2.75) is 27.7 Å². The van der Waals surface area contributed by atoms with E-state index in [0.29, 0.717) is 11.6 Å². The molecule has 11 rings (SSSR count). The molecule has 0 radical (unpaired) electrons. The van der Waals surface area contributed by atoms with Crippen LogP contribution >= 0.6 is 0 Å². The molecule has 7 heteroatoms. The first-order chi connectivity index (χ1) is 29.1. The van der Waals surface area contributed by atoms with Gasteiger partial charge in [-0.2, -0.15) is 9.97 Å². The third kappa shape index (κ3) is 5.11. The number of carbonyl (C=O) groups excluding carboxylic acids is 2. The number of aromatic nitrogens is 4. The number of para-hydroxylation sites is 1. The van der Waals surface area contributed by atoms with Crippen LogP contribution in [-0.2, 0) is 9.59 Å². The molecule has 288 valence electrons. The van der Waals surface area contributed by atoms with Gasteiger partial charge in [0.1, 0.15) is 0 Å². The average molecular weight is 778 g/mol. The predicted molar refractivity (Wildman–Crippen MR) is 243 cm³/mol. The summed E-state index contributed by atoms with van der Waals surface area (Å²) in [5.41, 5.74) is 4.67. The van der Waals surface area contributed by atoms with E-state index in [2.05, 4.69) is 132 Å². The molecule has 1 fully saturated rings. The number of hydrogen-bond donors (Lipinski definition) is 0. The second-order valence-corrected chi connectivity index (χ2v) is 16.8. The lowest BCUT2D eigenvalue weighted by Gasteiger charge is -2.28. The van der Waals surface area contributed by atoms with Crippen molar-refractivity contribution in [3.8, 4) is 39.6 Å². The smallest absolute Gasteiger partial charge is 0.243 e. The summed E-state index contributed by atoms with van der Waals surface area (Å²) in [6.07, 6.45) is 0. The first-order valence-electron chi connectivity index (χ1n) is 20.3. The van der Waals surface area contributed by atoms with Gasteiger partial charge < -0.3 is 4.57 Å².